The molecule has 0 rings (SSSR count). The van der Waals surface area contributed by atoms with Gasteiger partial charge in [-0.25, -0.2) is 8.42 Å². The van der Waals surface area contributed by atoms with Gasteiger partial charge in [0.15, 0.2) is 21.7 Å². The van der Waals surface area contributed by atoms with E-state index in [0.717, 1.165) is 18.6 Å². The van der Waals surface area contributed by atoms with E-state index in [2.05, 4.69) is 34.6 Å². The van der Waals surface area contributed by atoms with E-state index in [9.17, 15) is 18.0 Å². The van der Waals surface area contributed by atoms with Crippen molar-refractivity contribution < 1.29 is 30.9 Å². The standard InChI is InChI=1S/C13H27OS.CHF3O3S/c1-6-7-8-9-13(14)10-15(11(2)3)12(4)5;2-1(3,4)8(5,6)7/h11-12H,6-10H2,1-5H3;(H,5,6,7)/q+1;/p-1. The van der Waals surface area contributed by atoms with Crippen LogP contribution in [0, 0.1) is 0 Å². The Morgan fingerprint density at radius 1 is 1.09 bits per heavy atom. The van der Waals surface area contributed by atoms with Crippen LogP contribution in [0.15, 0.2) is 0 Å². The number of hydrogen-bond acceptors (Lipinski definition) is 4. The van der Waals surface area contributed by atoms with Crippen molar-refractivity contribution in [1.82, 2.24) is 0 Å². The third kappa shape index (κ3) is 12.8. The molecule has 0 saturated carbocycles. The number of rotatable bonds is 8. The summed E-state index contributed by atoms with van der Waals surface area (Å²) < 4.78 is 58.9. The van der Waals surface area contributed by atoms with Gasteiger partial charge in [0.05, 0.1) is 0 Å². The number of unbranched alkanes of at least 4 members (excludes halogenated alkanes) is 2. The van der Waals surface area contributed by atoms with Crippen LogP contribution in [-0.4, -0.2) is 40.5 Å². The van der Waals surface area contributed by atoms with Crippen LogP contribution in [0.2, 0.25) is 0 Å². The lowest BCUT2D eigenvalue weighted by Gasteiger charge is -2.15. The normalized spacial score (nSPS) is 12.5. The van der Waals surface area contributed by atoms with E-state index in [4.69, 9.17) is 13.0 Å². The number of ketones is 1. The molecule has 0 heterocycles. The molecule has 9 heteroatoms. The number of halogens is 3. The fraction of sp³-hybridized carbons (Fsp3) is 0.929. The molecule has 140 valence electrons. The minimum absolute atomic E-state index is 0.287. The van der Waals surface area contributed by atoms with Crippen LogP contribution in [0.5, 0.6) is 0 Å². The van der Waals surface area contributed by atoms with E-state index in [1.165, 1.54) is 12.8 Å². The minimum Gasteiger partial charge on any atom is -0.741 e. The smallest absolute Gasteiger partial charge is 0.485 e. The molecule has 0 N–H and O–H groups in total. The molecule has 23 heavy (non-hydrogen) atoms. The lowest BCUT2D eigenvalue weighted by Crippen LogP contribution is -2.31. The topological polar surface area (TPSA) is 74.3 Å². The van der Waals surface area contributed by atoms with Crippen molar-refractivity contribution >= 4 is 26.8 Å². The molecule has 0 aliphatic heterocycles. The molecule has 4 nitrogen and oxygen atoms in total. The summed E-state index contributed by atoms with van der Waals surface area (Å²) in [5, 5.41) is 1.31. The predicted molar refractivity (Wildman–Crippen MR) is 87.4 cm³/mol. The first-order chi connectivity index (χ1) is 10.2. The van der Waals surface area contributed by atoms with Crippen LogP contribution < -0.4 is 0 Å². The van der Waals surface area contributed by atoms with Gasteiger partial charge in [-0.3, -0.25) is 4.79 Å². The van der Waals surface area contributed by atoms with E-state index < -0.39 is 15.6 Å². The first kappa shape index (κ1) is 25.0. The van der Waals surface area contributed by atoms with E-state index >= 15 is 0 Å². The minimum atomic E-state index is -6.09. The molecule has 0 aliphatic rings. The average molecular weight is 380 g/mol. The van der Waals surface area contributed by atoms with Gasteiger partial charge < -0.3 is 4.55 Å². The van der Waals surface area contributed by atoms with Gasteiger partial charge in [0.1, 0.15) is 10.5 Å². The number of alkyl halides is 3. The van der Waals surface area contributed by atoms with E-state index in [0.29, 0.717) is 16.3 Å². The van der Waals surface area contributed by atoms with Crippen molar-refractivity contribution in [1.29, 1.82) is 0 Å². The van der Waals surface area contributed by atoms with Crippen LogP contribution in [0.4, 0.5) is 13.2 Å². The largest absolute Gasteiger partial charge is 0.741 e. The zero-order chi connectivity index (χ0) is 18.8. The van der Waals surface area contributed by atoms with Crippen molar-refractivity contribution in [3.8, 4) is 0 Å². The van der Waals surface area contributed by atoms with Crippen LogP contribution in [0.1, 0.15) is 60.3 Å². The van der Waals surface area contributed by atoms with Gasteiger partial charge in [-0.15, -0.1) is 0 Å². The average Bonchev–Trinajstić information content (AvgIpc) is 2.33. The summed E-state index contributed by atoms with van der Waals surface area (Å²) in [7, 11) is -5.80. The van der Waals surface area contributed by atoms with Gasteiger partial charge in [-0.05, 0) is 45.0 Å². The summed E-state index contributed by atoms with van der Waals surface area (Å²) in [6, 6.07) is 0. The second kappa shape index (κ2) is 11.3. The number of hydrogen-bond donors (Lipinski definition) is 0. The fourth-order valence-electron chi connectivity index (χ4n) is 1.71. The molecule has 0 saturated heterocycles. The molecule has 0 radical (unpaired) electrons. The SMILES string of the molecule is CCCCCC(=O)C[S+](C(C)C)C(C)C.O=S(=O)([O-])C(F)(F)F. The van der Waals surface area contributed by atoms with Gasteiger partial charge in [0, 0.05) is 6.42 Å². The summed E-state index contributed by atoms with van der Waals surface area (Å²) in [6.45, 7) is 11.1. The van der Waals surface area contributed by atoms with E-state index in [1.54, 1.807) is 0 Å². The first-order valence-corrected chi connectivity index (χ1v) is 10.4. The highest BCUT2D eigenvalue weighted by atomic mass is 32.2. The Morgan fingerprint density at radius 2 is 1.48 bits per heavy atom. The number of carbonyl (C=O) groups is 1. The summed E-state index contributed by atoms with van der Waals surface area (Å²) in [5.41, 5.74) is -5.65. The molecular formula is C14H27F3O4S2. The van der Waals surface area contributed by atoms with Crippen LogP contribution in [0.25, 0.3) is 0 Å². The van der Waals surface area contributed by atoms with Crippen molar-refractivity contribution in [3.05, 3.63) is 0 Å². The van der Waals surface area contributed by atoms with Crippen molar-refractivity contribution in [2.45, 2.75) is 76.3 Å². The Hall–Kier alpha value is -0.280. The zero-order valence-electron chi connectivity index (χ0n) is 14.3. The van der Waals surface area contributed by atoms with Gasteiger partial charge in [0.2, 0.25) is 0 Å². The van der Waals surface area contributed by atoms with Gasteiger partial charge in [0.25, 0.3) is 0 Å². The van der Waals surface area contributed by atoms with Crippen molar-refractivity contribution in [2.24, 2.45) is 0 Å². The molecule has 0 aromatic heterocycles. The summed E-state index contributed by atoms with van der Waals surface area (Å²) in [5.74, 6) is 1.30. The fourth-order valence-corrected chi connectivity index (χ4v) is 3.98. The lowest BCUT2D eigenvalue weighted by molar-refractivity contribution is -0.116. The van der Waals surface area contributed by atoms with Crippen LogP contribution in [0.3, 0.4) is 0 Å². The maximum atomic E-state index is 11.7. The third-order valence-electron chi connectivity index (χ3n) is 2.88. The highest BCUT2D eigenvalue weighted by molar-refractivity contribution is 7.98. The molecule has 0 spiro atoms. The molecule has 0 atom stereocenters. The maximum absolute atomic E-state index is 11.7. The van der Waals surface area contributed by atoms with Crippen LogP contribution >= 0.6 is 0 Å². The summed E-state index contributed by atoms with van der Waals surface area (Å²) >= 11 is 0. The Labute approximate surface area is 140 Å². The molecular weight excluding hydrogens is 353 g/mol. The number of carbonyl (C=O) groups excluding carboxylic acids is 1. The monoisotopic (exact) mass is 380 g/mol. The molecule has 0 aromatic rings. The Bertz CT molecular complexity index is 424. The molecule has 0 amide bonds. The second-order valence-corrected chi connectivity index (χ2v) is 10.1. The molecule has 0 fully saturated rings. The second-order valence-electron chi connectivity index (χ2n) is 5.61. The predicted octanol–water partition coefficient (Wildman–Crippen LogP) is 3.62. The zero-order valence-corrected chi connectivity index (χ0v) is 15.9. The van der Waals surface area contributed by atoms with E-state index in [1.807, 2.05) is 0 Å². The third-order valence-corrected chi connectivity index (χ3v) is 6.53. The first-order valence-electron chi connectivity index (χ1n) is 7.46. The Balaban J connectivity index is 0. The lowest BCUT2D eigenvalue weighted by atomic mass is 10.2. The van der Waals surface area contributed by atoms with Crippen molar-refractivity contribution in [3.63, 3.8) is 0 Å². The summed E-state index contributed by atoms with van der Waals surface area (Å²) in [4.78, 5) is 11.7. The molecule has 0 bridgehead atoms. The molecule has 0 aliphatic carbocycles. The Morgan fingerprint density at radius 3 is 1.74 bits per heavy atom. The highest BCUT2D eigenvalue weighted by Crippen LogP contribution is 2.20. The van der Waals surface area contributed by atoms with Crippen molar-refractivity contribution in [2.75, 3.05) is 5.75 Å². The van der Waals surface area contributed by atoms with Crippen LogP contribution in [-0.2, 0) is 25.8 Å². The van der Waals surface area contributed by atoms with E-state index in [-0.39, 0.29) is 10.9 Å². The van der Waals surface area contributed by atoms with Gasteiger partial charge in [-0.1, -0.05) is 19.8 Å². The molecule has 0 unspecified atom stereocenters. The summed E-state index contributed by atoms with van der Waals surface area (Å²) in [6.07, 6.45) is 4.29. The highest BCUT2D eigenvalue weighted by Gasteiger charge is 2.36. The maximum Gasteiger partial charge on any atom is 0.485 e. The Kier molecular flexibility index (Phi) is 12.3. The molecule has 0 aromatic carbocycles. The quantitative estimate of drug-likeness (QED) is 0.279. The number of Topliss-reactive ketones (excluding diaryl/α,β-unsaturated/α-hetero) is 1. The van der Waals surface area contributed by atoms with Gasteiger partial charge in [-0.2, -0.15) is 13.2 Å². The van der Waals surface area contributed by atoms with Gasteiger partial charge >= 0.3 is 5.51 Å².